The largest absolute Gasteiger partial charge is 0.496 e. The summed E-state index contributed by atoms with van der Waals surface area (Å²) in [6.07, 6.45) is 0.357. The zero-order valence-corrected chi connectivity index (χ0v) is 15.3. The third-order valence-electron chi connectivity index (χ3n) is 5.25. The van der Waals surface area contributed by atoms with E-state index in [1.807, 2.05) is 0 Å². The summed E-state index contributed by atoms with van der Waals surface area (Å²) >= 11 is 0. The van der Waals surface area contributed by atoms with Crippen molar-refractivity contribution >= 4 is 22.7 Å². The van der Waals surface area contributed by atoms with E-state index in [9.17, 15) is 14.3 Å². The lowest BCUT2D eigenvalue weighted by molar-refractivity contribution is -0.106. The molecule has 2 aliphatic heterocycles. The van der Waals surface area contributed by atoms with Crippen LogP contribution < -0.4 is 4.74 Å². The molecule has 8 heteroatoms. The van der Waals surface area contributed by atoms with Crippen LogP contribution in [-0.2, 0) is 9.57 Å². The van der Waals surface area contributed by atoms with Gasteiger partial charge in [-0.25, -0.2) is 9.18 Å². The SMILES string of the molecule is COc1cc2c(C(=O)O)c(-c3ccc(F)cc3)oc2cc1C1=NOC2OCCC12. The fourth-order valence-electron chi connectivity index (χ4n) is 3.87. The number of benzene rings is 2. The molecular weight excluding hydrogens is 381 g/mol. The first-order valence-corrected chi connectivity index (χ1v) is 9.06. The van der Waals surface area contributed by atoms with Crippen molar-refractivity contribution < 1.29 is 33.0 Å². The normalized spacial score (nSPS) is 20.4. The lowest BCUT2D eigenvalue weighted by Crippen LogP contribution is -2.19. The van der Waals surface area contributed by atoms with Crippen LogP contribution in [0.3, 0.4) is 0 Å². The molecular formula is C21H16FNO6. The molecule has 1 saturated heterocycles. The van der Waals surface area contributed by atoms with Gasteiger partial charge in [-0.2, -0.15) is 0 Å². The highest BCUT2D eigenvalue weighted by molar-refractivity contribution is 6.12. The van der Waals surface area contributed by atoms with Crippen molar-refractivity contribution in [2.45, 2.75) is 12.7 Å². The molecule has 2 aromatic carbocycles. The van der Waals surface area contributed by atoms with Gasteiger partial charge in [0.25, 0.3) is 0 Å². The van der Waals surface area contributed by atoms with Crippen molar-refractivity contribution in [1.29, 1.82) is 0 Å². The van der Waals surface area contributed by atoms with E-state index < -0.39 is 18.1 Å². The minimum atomic E-state index is -1.15. The zero-order chi connectivity index (χ0) is 20.1. The van der Waals surface area contributed by atoms with Gasteiger partial charge in [0.1, 0.15) is 34.2 Å². The van der Waals surface area contributed by atoms with Gasteiger partial charge in [0.15, 0.2) is 0 Å². The number of rotatable bonds is 4. The Morgan fingerprint density at radius 1 is 1.28 bits per heavy atom. The number of carbonyl (C=O) groups is 1. The molecule has 0 bridgehead atoms. The Hall–Kier alpha value is -3.39. The van der Waals surface area contributed by atoms with Gasteiger partial charge in [-0.05, 0) is 42.8 Å². The Kier molecular flexibility index (Phi) is 4.02. The smallest absolute Gasteiger partial charge is 0.340 e. The second-order valence-corrected chi connectivity index (χ2v) is 6.88. The minimum Gasteiger partial charge on any atom is -0.496 e. The summed E-state index contributed by atoms with van der Waals surface area (Å²) in [7, 11) is 1.51. The number of fused-ring (bicyclic) bond motifs is 2. The zero-order valence-electron chi connectivity index (χ0n) is 15.3. The Morgan fingerprint density at radius 3 is 2.79 bits per heavy atom. The Bertz CT molecular complexity index is 1150. The Morgan fingerprint density at radius 2 is 2.07 bits per heavy atom. The molecule has 1 aromatic heterocycles. The first-order valence-electron chi connectivity index (χ1n) is 9.06. The summed E-state index contributed by atoms with van der Waals surface area (Å²) in [4.78, 5) is 17.3. The predicted molar refractivity (Wildman–Crippen MR) is 101 cm³/mol. The second kappa shape index (κ2) is 6.59. The quantitative estimate of drug-likeness (QED) is 0.715. The first kappa shape index (κ1) is 17.7. The average Bonchev–Trinajstić information content (AvgIpc) is 3.41. The van der Waals surface area contributed by atoms with Crippen molar-refractivity contribution in [1.82, 2.24) is 0 Å². The van der Waals surface area contributed by atoms with Crippen LogP contribution in [0.5, 0.6) is 5.75 Å². The first-order chi connectivity index (χ1) is 14.1. The van der Waals surface area contributed by atoms with Crippen LogP contribution in [0.4, 0.5) is 4.39 Å². The van der Waals surface area contributed by atoms with E-state index in [1.54, 1.807) is 12.1 Å². The molecule has 29 heavy (non-hydrogen) atoms. The van der Waals surface area contributed by atoms with Crippen LogP contribution >= 0.6 is 0 Å². The molecule has 0 aliphatic carbocycles. The summed E-state index contributed by atoms with van der Waals surface area (Å²) < 4.78 is 30.2. The van der Waals surface area contributed by atoms with Crippen molar-refractivity contribution in [3.8, 4) is 17.1 Å². The van der Waals surface area contributed by atoms with Crippen LogP contribution in [0, 0.1) is 11.7 Å². The maximum absolute atomic E-state index is 13.3. The second-order valence-electron chi connectivity index (χ2n) is 6.88. The highest BCUT2D eigenvalue weighted by Crippen LogP contribution is 2.40. The number of carboxylic acid groups (broad SMARTS) is 1. The lowest BCUT2D eigenvalue weighted by atomic mass is 9.93. The number of aromatic carboxylic acids is 1. The van der Waals surface area contributed by atoms with E-state index in [1.165, 1.54) is 31.4 Å². The van der Waals surface area contributed by atoms with E-state index in [4.69, 9.17) is 18.7 Å². The lowest BCUT2D eigenvalue weighted by Gasteiger charge is -2.11. The van der Waals surface area contributed by atoms with Crippen LogP contribution in [0.2, 0.25) is 0 Å². The standard InChI is InChI=1S/C21H16FNO6/c1-26-15-8-13-16(9-14(15)18-12-6-7-27-21(12)29-23-18)28-19(17(13)20(24)25)10-2-4-11(22)5-3-10/h2-5,8-9,12,21H,6-7H2,1H3,(H,24,25). The monoisotopic (exact) mass is 397 g/mol. The summed E-state index contributed by atoms with van der Waals surface area (Å²) in [5.41, 5.74) is 2.16. The molecule has 5 rings (SSSR count). The average molecular weight is 397 g/mol. The van der Waals surface area contributed by atoms with Crippen molar-refractivity contribution in [2.24, 2.45) is 11.1 Å². The molecule has 2 atom stereocenters. The van der Waals surface area contributed by atoms with E-state index in [-0.39, 0.29) is 17.2 Å². The fraction of sp³-hybridized carbons (Fsp3) is 0.238. The molecule has 2 aliphatic rings. The van der Waals surface area contributed by atoms with Gasteiger partial charge in [-0.3, -0.25) is 0 Å². The van der Waals surface area contributed by atoms with Crippen molar-refractivity contribution in [3.63, 3.8) is 0 Å². The van der Waals surface area contributed by atoms with Gasteiger partial charge in [-0.1, -0.05) is 5.16 Å². The van der Waals surface area contributed by atoms with Gasteiger partial charge in [0, 0.05) is 16.5 Å². The Balaban J connectivity index is 1.70. The third kappa shape index (κ3) is 2.75. The number of methoxy groups -OCH3 is 1. The van der Waals surface area contributed by atoms with E-state index >= 15 is 0 Å². The number of halogens is 1. The molecule has 148 valence electrons. The number of carboxylic acids is 1. The highest BCUT2D eigenvalue weighted by Gasteiger charge is 2.41. The van der Waals surface area contributed by atoms with Gasteiger partial charge in [0.05, 0.1) is 19.6 Å². The van der Waals surface area contributed by atoms with Crippen LogP contribution in [0.15, 0.2) is 46.0 Å². The number of oxime groups is 1. The molecule has 0 saturated carbocycles. The Labute approximate surface area is 164 Å². The van der Waals surface area contributed by atoms with E-state index in [0.29, 0.717) is 40.2 Å². The molecule has 0 spiro atoms. The maximum atomic E-state index is 13.3. The fourth-order valence-corrected chi connectivity index (χ4v) is 3.87. The summed E-state index contributed by atoms with van der Waals surface area (Å²) in [6, 6.07) is 8.79. The molecule has 1 N–H and O–H groups in total. The highest BCUT2D eigenvalue weighted by atomic mass is 19.1. The maximum Gasteiger partial charge on any atom is 0.340 e. The predicted octanol–water partition coefficient (Wildman–Crippen LogP) is 4.04. The van der Waals surface area contributed by atoms with Crippen LogP contribution in [0.25, 0.3) is 22.3 Å². The molecule has 1 fully saturated rings. The minimum absolute atomic E-state index is 0.0110. The number of hydrogen-bond acceptors (Lipinski definition) is 6. The van der Waals surface area contributed by atoms with E-state index in [0.717, 1.165) is 6.42 Å². The molecule has 3 aromatic rings. The number of nitrogens with zero attached hydrogens (tertiary/aromatic N) is 1. The molecule has 3 heterocycles. The summed E-state index contributed by atoms with van der Waals surface area (Å²) in [5, 5.41) is 14.3. The van der Waals surface area contributed by atoms with Gasteiger partial charge >= 0.3 is 5.97 Å². The molecule has 7 nitrogen and oxygen atoms in total. The van der Waals surface area contributed by atoms with Crippen molar-refractivity contribution in [2.75, 3.05) is 13.7 Å². The van der Waals surface area contributed by atoms with E-state index in [2.05, 4.69) is 5.16 Å². The van der Waals surface area contributed by atoms with Crippen LogP contribution in [0.1, 0.15) is 22.3 Å². The molecule has 0 radical (unpaired) electrons. The third-order valence-corrected chi connectivity index (χ3v) is 5.25. The topological polar surface area (TPSA) is 90.5 Å². The van der Waals surface area contributed by atoms with Crippen LogP contribution in [-0.4, -0.2) is 36.8 Å². The van der Waals surface area contributed by atoms with Crippen molar-refractivity contribution in [3.05, 3.63) is 53.3 Å². The van der Waals surface area contributed by atoms with Gasteiger partial charge in [0.2, 0.25) is 6.29 Å². The number of hydrogen-bond donors (Lipinski definition) is 1. The number of ether oxygens (including phenoxy) is 2. The summed E-state index contributed by atoms with van der Waals surface area (Å²) in [6.45, 7) is 0.581. The number of furan rings is 1. The molecule has 0 amide bonds. The summed E-state index contributed by atoms with van der Waals surface area (Å²) in [5.74, 6) is -0.978. The van der Waals surface area contributed by atoms with Gasteiger partial charge in [-0.15, -0.1) is 0 Å². The van der Waals surface area contributed by atoms with Gasteiger partial charge < -0.3 is 23.8 Å². The molecule has 2 unspecified atom stereocenters.